The third-order valence-electron chi connectivity index (χ3n) is 4.74. The number of nitrogens with zero attached hydrogens (tertiary/aromatic N) is 1. The van der Waals surface area contributed by atoms with Crippen LogP contribution in [0.4, 0.5) is 0 Å². The second kappa shape index (κ2) is 5.68. The molecule has 4 heteroatoms. The number of ether oxygens (including phenoxy) is 1. The summed E-state index contributed by atoms with van der Waals surface area (Å²) in [6, 6.07) is 8.21. The van der Waals surface area contributed by atoms with Crippen LogP contribution in [-0.2, 0) is 4.79 Å². The van der Waals surface area contributed by atoms with E-state index in [-0.39, 0.29) is 17.4 Å². The third kappa shape index (κ3) is 2.91. The molecule has 114 valence electrons. The average molecular weight is 288 g/mol. The minimum atomic E-state index is -0.0864. The van der Waals surface area contributed by atoms with E-state index in [4.69, 9.17) is 4.74 Å². The molecule has 1 aromatic carbocycles. The highest BCUT2D eigenvalue weighted by Gasteiger charge is 2.42. The summed E-state index contributed by atoms with van der Waals surface area (Å²) in [5, 5.41) is 3.40. The fourth-order valence-corrected chi connectivity index (χ4v) is 3.51. The van der Waals surface area contributed by atoms with Gasteiger partial charge in [0.1, 0.15) is 11.4 Å². The lowest BCUT2D eigenvalue weighted by molar-refractivity contribution is -0.129. The number of hydrogen-bond acceptors (Lipinski definition) is 3. The molecule has 0 aliphatic carbocycles. The Labute approximate surface area is 126 Å². The summed E-state index contributed by atoms with van der Waals surface area (Å²) in [6.07, 6.45) is 3.57. The Kier molecular flexibility index (Phi) is 3.89. The van der Waals surface area contributed by atoms with E-state index >= 15 is 0 Å². The summed E-state index contributed by atoms with van der Waals surface area (Å²) < 4.78 is 6.37. The van der Waals surface area contributed by atoms with Crippen LogP contribution in [-0.4, -0.2) is 43.6 Å². The molecule has 2 aliphatic heterocycles. The van der Waals surface area contributed by atoms with Crippen molar-refractivity contribution in [2.75, 3.05) is 27.2 Å². The summed E-state index contributed by atoms with van der Waals surface area (Å²) in [5.74, 6) is 1.44. The molecule has 4 nitrogen and oxygen atoms in total. The first kappa shape index (κ1) is 14.4. The van der Waals surface area contributed by atoms with Gasteiger partial charge in [-0.05, 0) is 44.0 Å². The second-order valence-corrected chi connectivity index (χ2v) is 6.47. The highest BCUT2D eigenvalue weighted by atomic mass is 16.5. The van der Waals surface area contributed by atoms with Crippen molar-refractivity contribution in [3.8, 4) is 5.75 Å². The molecule has 1 aromatic rings. The second-order valence-electron chi connectivity index (χ2n) is 6.47. The van der Waals surface area contributed by atoms with E-state index in [1.54, 1.807) is 4.90 Å². The van der Waals surface area contributed by atoms with E-state index in [0.29, 0.717) is 6.42 Å². The largest absolute Gasteiger partial charge is 0.487 e. The number of para-hydroxylation sites is 1. The highest BCUT2D eigenvalue weighted by Crippen LogP contribution is 2.45. The van der Waals surface area contributed by atoms with Gasteiger partial charge in [-0.25, -0.2) is 0 Å². The summed E-state index contributed by atoms with van der Waals surface area (Å²) in [7, 11) is 3.65. The molecule has 1 atom stereocenters. The topological polar surface area (TPSA) is 41.6 Å². The summed E-state index contributed by atoms with van der Waals surface area (Å²) >= 11 is 0. The average Bonchev–Trinajstić information content (AvgIpc) is 2.47. The molecule has 1 N–H and O–H groups in total. The Bertz CT molecular complexity index is 521. The maximum absolute atomic E-state index is 12.2. The van der Waals surface area contributed by atoms with Gasteiger partial charge in [-0.15, -0.1) is 0 Å². The summed E-state index contributed by atoms with van der Waals surface area (Å²) in [6.45, 7) is 1.99. The molecule has 1 spiro atoms. The molecule has 1 fully saturated rings. The van der Waals surface area contributed by atoms with Gasteiger partial charge in [-0.3, -0.25) is 4.79 Å². The van der Waals surface area contributed by atoms with Gasteiger partial charge in [0.2, 0.25) is 5.91 Å². The third-order valence-corrected chi connectivity index (χ3v) is 4.74. The first-order valence-corrected chi connectivity index (χ1v) is 7.78. The van der Waals surface area contributed by atoms with Crippen molar-refractivity contribution in [2.45, 2.75) is 37.2 Å². The standard InChI is InChI=1S/C17H24N2O2/c1-19(2)16(20)11-13-12-17(7-9-18-10-8-17)21-15-6-4-3-5-14(13)15/h3-6,13,18H,7-12H2,1-2H3/t13-/m1/s1. The molecule has 0 bridgehead atoms. The van der Waals surface area contributed by atoms with Gasteiger partial charge in [0.15, 0.2) is 0 Å². The maximum Gasteiger partial charge on any atom is 0.222 e. The zero-order valence-electron chi connectivity index (χ0n) is 12.9. The van der Waals surface area contributed by atoms with E-state index in [1.807, 2.05) is 32.3 Å². The summed E-state index contributed by atoms with van der Waals surface area (Å²) in [5.41, 5.74) is 1.11. The monoisotopic (exact) mass is 288 g/mol. The van der Waals surface area contributed by atoms with Gasteiger partial charge < -0.3 is 15.0 Å². The molecule has 0 saturated carbocycles. The van der Waals surface area contributed by atoms with Gasteiger partial charge >= 0.3 is 0 Å². The van der Waals surface area contributed by atoms with Gasteiger partial charge in [-0.2, -0.15) is 0 Å². The maximum atomic E-state index is 12.2. The Morgan fingerprint density at radius 3 is 2.76 bits per heavy atom. The quantitative estimate of drug-likeness (QED) is 0.906. The van der Waals surface area contributed by atoms with Crippen molar-refractivity contribution in [3.63, 3.8) is 0 Å². The molecule has 0 unspecified atom stereocenters. The van der Waals surface area contributed by atoms with E-state index < -0.39 is 0 Å². The van der Waals surface area contributed by atoms with E-state index in [9.17, 15) is 4.79 Å². The van der Waals surface area contributed by atoms with Gasteiger partial charge in [0, 0.05) is 26.4 Å². The van der Waals surface area contributed by atoms with Crippen LogP contribution in [0.5, 0.6) is 5.75 Å². The minimum Gasteiger partial charge on any atom is -0.487 e. The Balaban J connectivity index is 1.88. The Hall–Kier alpha value is -1.55. The predicted octanol–water partition coefficient (Wildman–Crippen LogP) is 2.15. The summed E-state index contributed by atoms with van der Waals surface area (Å²) in [4.78, 5) is 13.9. The van der Waals surface area contributed by atoms with Crippen molar-refractivity contribution in [1.29, 1.82) is 0 Å². The predicted molar refractivity (Wildman–Crippen MR) is 82.6 cm³/mol. The zero-order chi connectivity index (χ0) is 14.9. The van der Waals surface area contributed by atoms with Crippen LogP contribution in [0.15, 0.2) is 24.3 Å². The van der Waals surface area contributed by atoms with E-state index in [0.717, 1.165) is 38.1 Å². The van der Waals surface area contributed by atoms with Crippen molar-refractivity contribution in [1.82, 2.24) is 10.2 Å². The lowest BCUT2D eigenvalue weighted by Gasteiger charge is -2.44. The SMILES string of the molecule is CN(C)C(=O)C[C@@H]1CC2(CCNCC2)Oc2ccccc21. The van der Waals surface area contributed by atoms with Crippen molar-refractivity contribution in [3.05, 3.63) is 29.8 Å². The minimum absolute atomic E-state index is 0.0864. The molecule has 1 amide bonds. The van der Waals surface area contributed by atoms with Gasteiger partial charge in [0.25, 0.3) is 0 Å². The molecule has 1 saturated heterocycles. The van der Waals surface area contributed by atoms with Crippen LogP contribution in [0.3, 0.4) is 0 Å². The number of rotatable bonds is 2. The molecule has 0 radical (unpaired) electrons. The van der Waals surface area contributed by atoms with E-state index in [1.165, 1.54) is 5.56 Å². The normalized spacial score (nSPS) is 23.2. The number of benzene rings is 1. The molecule has 2 heterocycles. The van der Waals surface area contributed by atoms with Crippen LogP contribution >= 0.6 is 0 Å². The first-order chi connectivity index (χ1) is 10.1. The molecular formula is C17H24N2O2. The van der Waals surface area contributed by atoms with Crippen molar-refractivity contribution in [2.24, 2.45) is 0 Å². The number of hydrogen-bond donors (Lipinski definition) is 1. The molecule has 0 aromatic heterocycles. The van der Waals surface area contributed by atoms with E-state index in [2.05, 4.69) is 11.4 Å². The lowest BCUT2D eigenvalue weighted by atomic mass is 9.76. The fourth-order valence-electron chi connectivity index (χ4n) is 3.51. The van der Waals surface area contributed by atoms with Crippen LogP contribution in [0.1, 0.15) is 37.2 Å². The van der Waals surface area contributed by atoms with Gasteiger partial charge in [0.05, 0.1) is 0 Å². The van der Waals surface area contributed by atoms with Crippen molar-refractivity contribution < 1.29 is 9.53 Å². The molecule has 3 rings (SSSR count). The number of nitrogens with one attached hydrogen (secondary N) is 1. The number of amides is 1. The number of piperidine rings is 1. The lowest BCUT2D eigenvalue weighted by Crippen LogP contribution is -2.49. The van der Waals surface area contributed by atoms with Crippen LogP contribution in [0.25, 0.3) is 0 Å². The first-order valence-electron chi connectivity index (χ1n) is 7.78. The van der Waals surface area contributed by atoms with Crippen LogP contribution in [0.2, 0.25) is 0 Å². The molecule has 21 heavy (non-hydrogen) atoms. The molecule has 2 aliphatic rings. The van der Waals surface area contributed by atoms with Crippen molar-refractivity contribution >= 4 is 5.91 Å². The van der Waals surface area contributed by atoms with Crippen LogP contribution in [0, 0.1) is 0 Å². The zero-order valence-corrected chi connectivity index (χ0v) is 12.9. The Morgan fingerprint density at radius 1 is 1.33 bits per heavy atom. The molecular weight excluding hydrogens is 264 g/mol. The number of fused-ring (bicyclic) bond motifs is 1. The van der Waals surface area contributed by atoms with Crippen LogP contribution < -0.4 is 10.1 Å². The number of carbonyl (C=O) groups excluding carboxylic acids is 1. The van der Waals surface area contributed by atoms with Gasteiger partial charge in [-0.1, -0.05) is 18.2 Å². The Morgan fingerprint density at radius 2 is 2.05 bits per heavy atom. The smallest absolute Gasteiger partial charge is 0.222 e. The highest BCUT2D eigenvalue weighted by molar-refractivity contribution is 5.76. The fraction of sp³-hybridized carbons (Fsp3) is 0.588. The number of carbonyl (C=O) groups is 1.